The van der Waals surface area contributed by atoms with Gasteiger partial charge in [-0.3, -0.25) is 4.79 Å². The lowest BCUT2D eigenvalue weighted by Crippen LogP contribution is -2.01. The van der Waals surface area contributed by atoms with Crippen molar-refractivity contribution in [2.75, 3.05) is 0 Å². The molecule has 2 N–H and O–H groups in total. The average Bonchev–Trinajstić information content (AvgIpc) is 2.01. The number of carboxylic acid groups (broad SMARTS) is 1. The summed E-state index contributed by atoms with van der Waals surface area (Å²) in [4.78, 5) is 22.9. The van der Waals surface area contributed by atoms with E-state index >= 15 is 0 Å². The largest absolute Gasteiger partial charge is 0.501 e. The lowest BCUT2D eigenvalue weighted by molar-refractivity contribution is -0.390. The quantitative estimate of drug-likeness (QED) is 0.534. The number of carboxylic acids is 1. The van der Waals surface area contributed by atoms with Crippen molar-refractivity contribution in [3.8, 4) is 5.75 Å². The van der Waals surface area contributed by atoms with Gasteiger partial charge in [-0.2, -0.15) is 0 Å². The molecule has 1 aromatic heterocycles. The highest BCUT2D eigenvalue weighted by atomic mass is 16.6. The smallest absolute Gasteiger partial charge is 0.405 e. The van der Waals surface area contributed by atoms with Gasteiger partial charge in [-0.25, -0.2) is 0 Å². The molecule has 0 fully saturated rings. The first-order chi connectivity index (χ1) is 6.50. The Morgan fingerprint density at radius 3 is 2.71 bits per heavy atom. The number of hydrogen-bond donors (Lipinski definition) is 2. The Kier molecular flexibility index (Phi) is 2.61. The molecule has 0 spiro atoms. The summed E-state index contributed by atoms with van der Waals surface area (Å²) in [6, 6.07) is 1.01. The van der Waals surface area contributed by atoms with E-state index in [4.69, 9.17) is 10.2 Å². The Labute approximate surface area is 77.8 Å². The van der Waals surface area contributed by atoms with Gasteiger partial charge in [0.1, 0.15) is 6.20 Å². The Morgan fingerprint density at radius 2 is 2.29 bits per heavy atom. The minimum atomic E-state index is -1.10. The van der Waals surface area contributed by atoms with Crippen molar-refractivity contribution in [3.05, 3.63) is 27.9 Å². The van der Waals surface area contributed by atoms with Crippen molar-refractivity contribution >= 4 is 11.8 Å². The summed E-state index contributed by atoms with van der Waals surface area (Å²) in [6.07, 6.45) is 0.713. The second-order valence-electron chi connectivity index (χ2n) is 2.51. The van der Waals surface area contributed by atoms with Crippen LogP contribution in [0.5, 0.6) is 5.75 Å². The van der Waals surface area contributed by atoms with Crippen LogP contribution in [0.2, 0.25) is 0 Å². The molecule has 0 aliphatic carbocycles. The highest BCUT2D eigenvalue weighted by Crippen LogP contribution is 2.23. The summed E-state index contributed by atoms with van der Waals surface area (Å²) in [5.41, 5.74) is 0.209. The van der Waals surface area contributed by atoms with Gasteiger partial charge in [-0.05, 0) is 16.0 Å². The molecule has 7 heteroatoms. The van der Waals surface area contributed by atoms with Crippen LogP contribution in [0.4, 0.5) is 5.82 Å². The van der Waals surface area contributed by atoms with Gasteiger partial charge >= 0.3 is 11.8 Å². The number of hydrogen-bond acceptors (Lipinski definition) is 5. The zero-order valence-electron chi connectivity index (χ0n) is 6.88. The Bertz CT molecular complexity index is 390. The predicted octanol–water partition coefficient (Wildman–Crippen LogP) is 0.322. The molecular formula is C7H6N2O5. The number of carbonyl (C=O) groups is 1. The van der Waals surface area contributed by atoms with Crippen molar-refractivity contribution < 1.29 is 19.9 Å². The van der Waals surface area contributed by atoms with E-state index in [1.165, 1.54) is 0 Å². The molecule has 74 valence electrons. The van der Waals surface area contributed by atoms with Gasteiger partial charge in [0.2, 0.25) is 5.75 Å². The zero-order valence-corrected chi connectivity index (χ0v) is 6.88. The highest BCUT2D eigenvalue weighted by molar-refractivity contribution is 5.70. The molecule has 0 amide bonds. The second kappa shape index (κ2) is 3.69. The summed E-state index contributed by atoms with van der Waals surface area (Å²) in [5, 5.41) is 27.7. The van der Waals surface area contributed by atoms with Gasteiger partial charge in [-0.1, -0.05) is 0 Å². The van der Waals surface area contributed by atoms with E-state index in [0.29, 0.717) is 0 Å². The number of aliphatic carboxylic acids is 1. The third-order valence-electron chi connectivity index (χ3n) is 1.43. The molecule has 0 aromatic carbocycles. The molecular weight excluding hydrogens is 192 g/mol. The van der Waals surface area contributed by atoms with Crippen LogP contribution in [-0.4, -0.2) is 26.1 Å². The predicted molar refractivity (Wildman–Crippen MR) is 43.9 cm³/mol. The van der Waals surface area contributed by atoms with Crippen LogP contribution < -0.4 is 0 Å². The van der Waals surface area contributed by atoms with E-state index in [0.717, 1.165) is 12.3 Å². The zero-order chi connectivity index (χ0) is 10.7. The fourth-order valence-electron chi connectivity index (χ4n) is 0.900. The van der Waals surface area contributed by atoms with Gasteiger partial charge in [-0.15, -0.1) is 0 Å². The second-order valence-corrected chi connectivity index (χ2v) is 2.51. The van der Waals surface area contributed by atoms with E-state index in [9.17, 15) is 14.9 Å². The first-order valence-corrected chi connectivity index (χ1v) is 3.55. The molecule has 0 bridgehead atoms. The number of pyridine rings is 1. The van der Waals surface area contributed by atoms with E-state index in [-0.39, 0.29) is 12.0 Å². The molecule has 1 rings (SSSR count). The van der Waals surface area contributed by atoms with Crippen LogP contribution >= 0.6 is 0 Å². The minimum Gasteiger partial charge on any atom is -0.501 e. The number of aromatic hydroxyl groups is 1. The monoisotopic (exact) mass is 198 g/mol. The first-order valence-electron chi connectivity index (χ1n) is 3.55. The molecule has 0 atom stereocenters. The number of nitro groups is 1. The SMILES string of the molecule is O=C(O)Cc1cnc([N+](=O)[O-])c(O)c1. The number of rotatable bonds is 3. The fraction of sp³-hybridized carbons (Fsp3) is 0.143. The van der Waals surface area contributed by atoms with Crippen LogP contribution in [0.3, 0.4) is 0 Å². The molecule has 0 radical (unpaired) electrons. The van der Waals surface area contributed by atoms with Crippen molar-refractivity contribution in [2.24, 2.45) is 0 Å². The van der Waals surface area contributed by atoms with E-state index in [1.807, 2.05) is 0 Å². The molecule has 1 heterocycles. The summed E-state index contributed by atoms with van der Waals surface area (Å²) >= 11 is 0. The van der Waals surface area contributed by atoms with Crippen LogP contribution in [0.1, 0.15) is 5.56 Å². The lowest BCUT2D eigenvalue weighted by atomic mass is 10.2. The molecule has 1 aromatic rings. The minimum absolute atomic E-state index is 0.209. The summed E-state index contributed by atoms with van der Waals surface area (Å²) < 4.78 is 0. The lowest BCUT2D eigenvalue weighted by Gasteiger charge is -1.97. The van der Waals surface area contributed by atoms with Gasteiger partial charge in [0, 0.05) is 5.56 Å². The Hall–Kier alpha value is -2.18. The van der Waals surface area contributed by atoms with Gasteiger partial charge < -0.3 is 20.3 Å². The summed E-state index contributed by atoms with van der Waals surface area (Å²) in [7, 11) is 0. The standard InChI is InChI=1S/C7H6N2O5/c10-5-1-4(2-6(11)12)3-8-7(5)9(13)14/h1,3,10H,2H2,(H,11,12). The highest BCUT2D eigenvalue weighted by Gasteiger charge is 2.16. The van der Waals surface area contributed by atoms with E-state index < -0.39 is 22.5 Å². The van der Waals surface area contributed by atoms with Crippen molar-refractivity contribution in [2.45, 2.75) is 6.42 Å². The summed E-state index contributed by atoms with van der Waals surface area (Å²) in [6.45, 7) is 0. The van der Waals surface area contributed by atoms with Crippen LogP contribution in [-0.2, 0) is 11.2 Å². The molecule has 0 unspecified atom stereocenters. The normalized spacial score (nSPS) is 9.71. The van der Waals surface area contributed by atoms with Gasteiger partial charge in [0.05, 0.1) is 6.42 Å². The molecule has 0 aliphatic rings. The number of nitrogens with zero attached hydrogens (tertiary/aromatic N) is 2. The van der Waals surface area contributed by atoms with E-state index in [2.05, 4.69) is 4.98 Å². The maximum absolute atomic E-state index is 10.3. The molecule has 14 heavy (non-hydrogen) atoms. The molecule has 0 saturated heterocycles. The van der Waals surface area contributed by atoms with Crippen molar-refractivity contribution in [1.82, 2.24) is 4.98 Å². The maximum Gasteiger partial charge on any atom is 0.405 e. The van der Waals surface area contributed by atoms with Gasteiger partial charge in [0.25, 0.3) is 0 Å². The topological polar surface area (TPSA) is 114 Å². The Morgan fingerprint density at radius 1 is 1.64 bits per heavy atom. The van der Waals surface area contributed by atoms with E-state index in [1.54, 1.807) is 0 Å². The third-order valence-corrected chi connectivity index (χ3v) is 1.43. The van der Waals surface area contributed by atoms with Crippen LogP contribution in [0.15, 0.2) is 12.3 Å². The number of aromatic nitrogens is 1. The third kappa shape index (κ3) is 2.16. The van der Waals surface area contributed by atoms with Gasteiger partial charge in [0.15, 0.2) is 0 Å². The molecule has 0 aliphatic heterocycles. The summed E-state index contributed by atoms with van der Waals surface area (Å²) in [5.74, 6) is -2.41. The molecule has 0 saturated carbocycles. The van der Waals surface area contributed by atoms with Crippen LogP contribution in [0.25, 0.3) is 0 Å². The fourth-order valence-corrected chi connectivity index (χ4v) is 0.900. The Balaban J connectivity index is 3.00. The van der Waals surface area contributed by atoms with Crippen LogP contribution in [0, 0.1) is 10.1 Å². The molecule has 7 nitrogen and oxygen atoms in total. The van der Waals surface area contributed by atoms with Crippen molar-refractivity contribution in [1.29, 1.82) is 0 Å². The van der Waals surface area contributed by atoms with Crippen molar-refractivity contribution in [3.63, 3.8) is 0 Å². The average molecular weight is 198 g/mol. The first kappa shape index (κ1) is 9.90. The maximum atomic E-state index is 10.3.